The molecule has 0 radical (unpaired) electrons. The smallest absolute Gasteiger partial charge is 0.146 e. The van der Waals surface area contributed by atoms with Crippen molar-refractivity contribution < 1.29 is 4.79 Å². The highest BCUT2D eigenvalue weighted by Gasteiger charge is 2.08. The van der Waals surface area contributed by atoms with Gasteiger partial charge in [-0.05, 0) is 31.9 Å². The molecule has 0 saturated heterocycles. The summed E-state index contributed by atoms with van der Waals surface area (Å²) in [6.07, 6.45) is 5.67. The number of hydrogen-bond acceptors (Lipinski definition) is 3. The fraction of sp³-hybridized carbons (Fsp3) is 0.917. The predicted molar refractivity (Wildman–Crippen MR) is 69.3 cm³/mol. The molecule has 0 spiro atoms. The molecule has 0 fully saturated rings. The summed E-state index contributed by atoms with van der Waals surface area (Å²) in [5, 5.41) is 0.704. The van der Waals surface area contributed by atoms with Gasteiger partial charge in [0.1, 0.15) is 5.78 Å². The van der Waals surface area contributed by atoms with E-state index >= 15 is 0 Å². The minimum atomic E-state index is -0.238. The fourth-order valence-corrected chi connectivity index (χ4v) is 2.53. The zero-order valence-corrected chi connectivity index (χ0v) is 11.1. The van der Waals surface area contributed by atoms with Crippen LogP contribution < -0.4 is 5.73 Å². The molecule has 0 heterocycles. The second-order valence-electron chi connectivity index (χ2n) is 4.18. The van der Waals surface area contributed by atoms with E-state index in [2.05, 4.69) is 13.8 Å². The molecule has 90 valence electrons. The highest BCUT2D eigenvalue weighted by atomic mass is 32.2. The lowest BCUT2D eigenvalue weighted by molar-refractivity contribution is -0.118. The van der Waals surface area contributed by atoms with Gasteiger partial charge in [-0.2, -0.15) is 11.8 Å². The first-order valence-electron chi connectivity index (χ1n) is 5.95. The van der Waals surface area contributed by atoms with E-state index in [1.54, 1.807) is 6.92 Å². The molecule has 0 saturated carbocycles. The molecule has 0 aromatic rings. The summed E-state index contributed by atoms with van der Waals surface area (Å²) >= 11 is 2.04. The van der Waals surface area contributed by atoms with E-state index in [1.165, 1.54) is 25.0 Å². The third-order valence-corrected chi connectivity index (χ3v) is 3.88. The number of hydrogen-bond donors (Lipinski definition) is 1. The normalized spacial score (nSPS) is 14.9. The van der Waals surface area contributed by atoms with Crippen molar-refractivity contribution in [2.24, 2.45) is 5.73 Å². The Bertz CT molecular complexity index is 173. The molecule has 3 heteroatoms. The number of thioether (sulfide) groups is 1. The van der Waals surface area contributed by atoms with Crippen molar-refractivity contribution in [1.82, 2.24) is 0 Å². The Hall–Kier alpha value is -0.0200. The van der Waals surface area contributed by atoms with Crippen molar-refractivity contribution in [2.45, 2.75) is 64.2 Å². The van der Waals surface area contributed by atoms with Crippen molar-refractivity contribution in [3.63, 3.8) is 0 Å². The van der Waals surface area contributed by atoms with Crippen LogP contribution >= 0.6 is 11.8 Å². The fourth-order valence-electron chi connectivity index (χ4n) is 1.34. The first-order chi connectivity index (χ1) is 7.07. The average Bonchev–Trinajstić information content (AvgIpc) is 2.18. The van der Waals surface area contributed by atoms with Crippen molar-refractivity contribution in [1.29, 1.82) is 0 Å². The van der Waals surface area contributed by atoms with Gasteiger partial charge in [0, 0.05) is 5.25 Å². The van der Waals surface area contributed by atoms with Crippen LogP contribution in [0.15, 0.2) is 0 Å². The SMILES string of the molecule is CCCCSC(C)CCCC(N)C(C)=O. The van der Waals surface area contributed by atoms with Crippen molar-refractivity contribution in [3.8, 4) is 0 Å². The molecular formula is C12H25NOS. The van der Waals surface area contributed by atoms with E-state index in [1.807, 2.05) is 11.8 Å². The van der Waals surface area contributed by atoms with Crippen molar-refractivity contribution in [3.05, 3.63) is 0 Å². The van der Waals surface area contributed by atoms with Gasteiger partial charge in [0.15, 0.2) is 0 Å². The Balaban J connectivity index is 3.38. The van der Waals surface area contributed by atoms with Crippen molar-refractivity contribution >= 4 is 17.5 Å². The van der Waals surface area contributed by atoms with Crippen LogP contribution in [0.5, 0.6) is 0 Å². The predicted octanol–water partition coefficient (Wildman–Crippen LogP) is 2.99. The third-order valence-electron chi connectivity index (χ3n) is 2.55. The standard InChI is InChI=1S/C12H25NOS/c1-4-5-9-15-10(2)7-6-8-12(13)11(3)14/h10,12H,4-9,13H2,1-3H3. The molecule has 0 aromatic carbocycles. The molecule has 0 aliphatic rings. The average molecular weight is 231 g/mol. The Labute approximate surface area is 98.4 Å². The zero-order chi connectivity index (χ0) is 11.7. The van der Waals surface area contributed by atoms with Gasteiger partial charge < -0.3 is 5.73 Å². The summed E-state index contributed by atoms with van der Waals surface area (Å²) in [7, 11) is 0. The minimum Gasteiger partial charge on any atom is -0.322 e. The van der Waals surface area contributed by atoms with E-state index in [0.717, 1.165) is 12.8 Å². The van der Waals surface area contributed by atoms with E-state index in [0.29, 0.717) is 5.25 Å². The first kappa shape index (κ1) is 15.0. The number of carbonyl (C=O) groups is 1. The number of nitrogens with two attached hydrogens (primary N) is 1. The molecule has 15 heavy (non-hydrogen) atoms. The Morgan fingerprint density at radius 1 is 1.33 bits per heavy atom. The lowest BCUT2D eigenvalue weighted by Crippen LogP contribution is -2.28. The second-order valence-corrected chi connectivity index (χ2v) is 5.73. The van der Waals surface area contributed by atoms with Gasteiger partial charge in [-0.1, -0.05) is 26.7 Å². The van der Waals surface area contributed by atoms with Gasteiger partial charge >= 0.3 is 0 Å². The summed E-state index contributed by atoms with van der Waals surface area (Å²) in [6, 6.07) is -0.238. The Morgan fingerprint density at radius 2 is 2.00 bits per heavy atom. The number of ketones is 1. The first-order valence-corrected chi connectivity index (χ1v) is 7.00. The molecule has 0 bridgehead atoms. The van der Waals surface area contributed by atoms with Crippen LogP contribution in [-0.4, -0.2) is 22.8 Å². The Morgan fingerprint density at radius 3 is 2.53 bits per heavy atom. The zero-order valence-electron chi connectivity index (χ0n) is 10.3. The molecule has 2 N–H and O–H groups in total. The second kappa shape index (κ2) is 9.22. The number of rotatable bonds is 9. The van der Waals surface area contributed by atoms with Gasteiger partial charge in [0.05, 0.1) is 6.04 Å². The van der Waals surface area contributed by atoms with Crippen LogP contribution in [0.4, 0.5) is 0 Å². The topological polar surface area (TPSA) is 43.1 Å². The van der Waals surface area contributed by atoms with Gasteiger partial charge in [-0.25, -0.2) is 0 Å². The van der Waals surface area contributed by atoms with E-state index in [4.69, 9.17) is 5.73 Å². The summed E-state index contributed by atoms with van der Waals surface area (Å²) in [4.78, 5) is 10.9. The molecule has 0 amide bonds. The summed E-state index contributed by atoms with van der Waals surface area (Å²) < 4.78 is 0. The van der Waals surface area contributed by atoms with Gasteiger partial charge in [-0.3, -0.25) is 4.79 Å². The molecule has 0 aliphatic carbocycles. The number of Topliss-reactive ketones (excluding diaryl/α,β-unsaturated/α-hetero) is 1. The van der Waals surface area contributed by atoms with Gasteiger partial charge in [0.25, 0.3) is 0 Å². The minimum absolute atomic E-state index is 0.112. The van der Waals surface area contributed by atoms with Crippen LogP contribution in [0.1, 0.15) is 52.9 Å². The van der Waals surface area contributed by atoms with Gasteiger partial charge in [0.2, 0.25) is 0 Å². The van der Waals surface area contributed by atoms with Crippen LogP contribution in [0.3, 0.4) is 0 Å². The summed E-state index contributed by atoms with van der Waals surface area (Å²) in [5.74, 6) is 1.37. The van der Waals surface area contributed by atoms with E-state index in [-0.39, 0.29) is 11.8 Å². The molecule has 2 atom stereocenters. The van der Waals surface area contributed by atoms with E-state index < -0.39 is 0 Å². The molecular weight excluding hydrogens is 206 g/mol. The lowest BCUT2D eigenvalue weighted by atomic mass is 10.1. The summed E-state index contributed by atoms with van der Waals surface area (Å²) in [5.41, 5.74) is 5.67. The van der Waals surface area contributed by atoms with Crippen LogP contribution in [0.2, 0.25) is 0 Å². The maximum atomic E-state index is 10.9. The highest BCUT2D eigenvalue weighted by molar-refractivity contribution is 7.99. The summed E-state index contributed by atoms with van der Waals surface area (Å²) in [6.45, 7) is 6.06. The Kier molecular flexibility index (Phi) is 9.21. The monoisotopic (exact) mass is 231 g/mol. The number of unbranched alkanes of at least 4 members (excludes halogenated alkanes) is 1. The maximum Gasteiger partial charge on any atom is 0.146 e. The largest absolute Gasteiger partial charge is 0.322 e. The maximum absolute atomic E-state index is 10.9. The van der Waals surface area contributed by atoms with Crippen molar-refractivity contribution in [2.75, 3.05) is 5.75 Å². The van der Waals surface area contributed by atoms with Gasteiger partial charge in [-0.15, -0.1) is 0 Å². The van der Waals surface area contributed by atoms with Crippen LogP contribution in [0, 0.1) is 0 Å². The number of carbonyl (C=O) groups excluding carboxylic acids is 1. The highest BCUT2D eigenvalue weighted by Crippen LogP contribution is 2.18. The third kappa shape index (κ3) is 8.94. The quantitative estimate of drug-likeness (QED) is 0.620. The molecule has 0 aromatic heterocycles. The molecule has 0 aliphatic heterocycles. The van der Waals surface area contributed by atoms with Crippen LogP contribution in [-0.2, 0) is 4.79 Å². The lowest BCUT2D eigenvalue weighted by Gasteiger charge is -2.12. The molecule has 0 rings (SSSR count). The molecule has 2 nitrogen and oxygen atoms in total. The molecule has 2 unspecified atom stereocenters. The van der Waals surface area contributed by atoms with Crippen LogP contribution in [0.25, 0.3) is 0 Å². The van der Waals surface area contributed by atoms with E-state index in [9.17, 15) is 4.79 Å².